The van der Waals surface area contributed by atoms with E-state index in [2.05, 4.69) is 20.4 Å². The predicted octanol–water partition coefficient (Wildman–Crippen LogP) is 2.93. The Labute approximate surface area is 165 Å². The van der Waals surface area contributed by atoms with Crippen LogP contribution in [0.5, 0.6) is 5.75 Å². The summed E-state index contributed by atoms with van der Waals surface area (Å²) in [6, 6.07) is 14.0. The number of anilines is 1. The molecule has 0 saturated carbocycles. The Morgan fingerprint density at radius 1 is 1.07 bits per heavy atom. The second kappa shape index (κ2) is 7.92. The molecule has 1 aliphatic rings. The quantitative estimate of drug-likeness (QED) is 0.685. The van der Waals surface area contributed by atoms with Crippen LogP contribution in [0.1, 0.15) is 17.8 Å². The number of aromatic nitrogens is 2. The normalized spacial score (nSPS) is 14.5. The third-order valence-electron chi connectivity index (χ3n) is 5.46. The first-order chi connectivity index (χ1) is 13.7. The lowest BCUT2D eigenvalue weighted by Crippen LogP contribution is -2.49. The number of carbonyl (C=O) groups is 1. The fourth-order valence-electron chi connectivity index (χ4n) is 3.94. The lowest BCUT2D eigenvalue weighted by atomic mass is 10.1. The summed E-state index contributed by atoms with van der Waals surface area (Å²) in [6.45, 7) is 5.13. The van der Waals surface area contributed by atoms with Gasteiger partial charge in [0.1, 0.15) is 11.4 Å². The molecule has 0 radical (unpaired) electrons. The number of rotatable bonds is 5. The summed E-state index contributed by atoms with van der Waals surface area (Å²) in [6.07, 6.45) is 3.24. The van der Waals surface area contributed by atoms with Crippen molar-refractivity contribution in [1.82, 2.24) is 14.3 Å². The number of hydrogen-bond donors (Lipinski definition) is 0. The van der Waals surface area contributed by atoms with Crippen LogP contribution in [0, 0.1) is 6.92 Å². The zero-order valence-corrected chi connectivity index (χ0v) is 16.5. The van der Waals surface area contributed by atoms with Crippen molar-refractivity contribution in [2.24, 2.45) is 0 Å². The van der Waals surface area contributed by atoms with E-state index in [1.54, 1.807) is 7.11 Å². The Kier molecular flexibility index (Phi) is 5.19. The van der Waals surface area contributed by atoms with Gasteiger partial charge in [0.2, 0.25) is 5.91 Å². The highest BCUT2D eigenvalue weighted by Gasteiger charge is 2.23. The molecule has 0 aliphatic carbocycles. The lowest BCUT2D eigenvalue weighted by Gasteiger charge is -2.36. The highest BCUT2D eigenvalue weighted by atomic mass is 16.5. The molecule has 3 heterocycles. The molecule has 6 heteroatoms. The largest absolute Gasteiger partial charge is 0.495 e. The van der Waals surface area contributed by atoms with E-state index in [9.17, 15) is 4.79 Å². The molecule has 0 atom stereocenters. The third-order valence-corrected chi connectivity index (χ3v) is 5.46. The Morgan fingerprint density at radius 3 is 2.61 bits per heavy atom. The molecule has 6 nitrogen and oxygen atoms in total. The number of carbonyl (C=O) groups excluding carboxylic acids is 1. The first kappa shape index (κ1) is 18.3. The molecule has 1 amide bonds. The summed E-state index contributed by atoms with van der Waals surface area (Å²) in [4.78, 5) is 21.6. The van der Waals surface area contributed by atoms with Crippen LogP contribution in [0.2, 0.25) is 0 Å². The molecule has 0 bridgehead atoms. The van der Waals surface area contributed by atoms with Crippen molar-refractivity contribution in [2.45, 2.75) is 19.8 Å². The molecule has 28 heavy (non-hydrogen) atoms. The van der Waals surface area contributed by atoms with Gasteiger partial charge in [0.15, 0.2) is 0 Å². The van der Waals surface area contributed by atoms with Gasteiger partial charge in [-0.2, -0.15) is 0 Å². The smallest absolute Gasteiger partial charge is 0.223 e. The summed E-state index contributed by atoms with van der Waals surface area (Å²) < 4.78 is 7.55. The maximum Gasteiger partial charge on any atom is 0.223 e. The van der Waals surface area contributed by atoms with Gasteiger partial charge in [-0.25, -0.2) is 4.98 Å². The number of ether oxygens (including phenoxy) is 1. The van der Waals surface area contributed by atoms with E-state index in [1.807, 2.05) is 54.4 Å². The van der Waals surface area contributed by atoms with Crippen LogP contribution in [-0.2, 0) is 11.2 Å². The number of benzene rings is 1. The van der Waals surface area contributed by atoms with Gasteiger partial charge in [-0.1, -0.05) is 18.2 Å². The Hall–Kier alpha value is -3.02. The molecule has 4 rings (SSSR count). The van der Waals surface area contributed by atoms with Crippen molar-refractivity contribution < 1.29 is 9.53 Å². The van der Waals surface area contributed by atoms with E-state index in [0.29, 0.717) is 12.8 Å². The number of imidazole rings is 1. The standard InChI is InChI=1S/C22H26N4O2/c1-17-18(26-12-6-5-9-21(26)23-17)10-11-22(27)25-15-13-24(14-16-25)19-7-3-4-8-20(19)28-2/h3-9,12H,10-11,13-16H2,1-2H3. The maximum absolute atomic E-state index is 12.8. The molecule has 2 aromatic heterocycles. The number of nitrogens with zero attached hydrogens (tertiary/aromatic N) is 4. The number of piperazine rings is 1. The van der Waals surface area contributed by atoms with Crippen molar-refractivity contribution in [3.05, 3.63) is 60.0 Å². The van der Waals surface area contributed by atoms with Crippen molar-refractivity contribution in [3.63, 3.8) is 0 Å². The number of aryl methyl sites for hydroxylation is 2. The number of hydrogen-bond acceptors (Lipinski definition) is 4. The highest BCUT2D eigenvalue weighted by molar-refractivity contribution is 5.77. The fraction of sp³-hybridized carbons (Fsp3) is 0.364. The molecular formula is C22H26N4O2. The van der Waals surface area contributed by atoms with Gasteiger partial charge in [-0.15, -0.1) is 0 Å². The zero-order valence-electron chi connectivity index (χ0n) is 16.5. The second-order valence-corrected chi connectivity index (χ2v) is 7.11. The first-order valence-electron chi connectivity index (χ1n) is 9.75. The lowest BCUT2D eigenvalue weighted by molar-refractivity contribution is -0.131. The van der Waals surface area contributed by atoms with Crippen molar-refractivity contribution in [1.29, 1.82) is 0 Å². The SMILES string of the molecule is COc1ccccc1N1CCN(C(=O)CCc2c(C)nc3ccccn23)CC1. The Balaban J connectivity index is 1.36. The highest BCUT2D eigenvalue weighted by Crippen LogP contribution is 2.28. The van der Waals surface area contributed by atoms with E-state index in [4.69, 9.17) is 4.74 Å². The van der Waals surface area contributed by atoms with Gasteiger partial charge in [0, 0.05) is 44.5 Å². The molecule has 1 fully saturated rings. The molecule has 3 aromatic rings. The summed E-state index contributed by atoms with van der Waals surface area (Å²) >= 11 is 0. The summed E-state index contributed by atoms with van der Waals surface area (Å²) in [5.74, 6) is 1.09. The minimum absolute atomic E-state index is 0.213. The number of amides is 1. The van der Waals surface area contributed by atoms with E-state index >= 15 is 0 Å². The predicted molar refractivity (Wildman–Crippen MR) is 110 cm³/mol. The van der Waals surface area contributed by atoms with Crippen LogP contribution in [-0.4, -0.2) is 53.5 Å². The van der Waals surface area contributed by atoms with Gasteiger partial charge in [0.25, 0.3) is 0 Å². The van der Waals surface area contributed by atoms with Crippen molar-refractivity contribution in [3.8, 4) is 5.75 Å². The topological polar surface area (TPSA) is 50.1 Å². The monoisotopic (exact) mass is 378 g/mol. The molecule has 0 spiro atoms. The minimum atomic E-state index is 0.213. The van der Waals surface area contributed by atoms with Gasteiger partial charge in [-0.3, -0.25) is 4.79 Å². The first-order valence-corrected chi connectivity index (χ1v) is 9.75. The molecule has 146 valence electrons. The number of pyridine rings is 1. The summed E-state index contributed by atoms with van der Waals surface area (Å²) in [5, 5.41) is 0. The number of para-hydroxylation sites is 2. The zero-order chi connectivity index (χ0) is 19.5. The van der Waals surface area contributed by atoms with Gasteiger partial charge < -0.3 is 18.9 Å². The number of fused-ring (bicyclic) bond motifs is 1. The summed E-state index contributed by atoms with van der Waals surface area (Å²) in [5.41, 5.74) is 4.16. The van der Waals surface area contributed by atoms with E-state index in [1.165, 1.54) is 0 Å². The van der Waals surface area contributed by atoms with Gasteiger partial charge in [0.05, 0.1) is 18.5 Å². The Bertz CT molecular complexity index is 974. The van der Waals surface area contributed by atoms with E-state index in [-0.39, 0.29) is 5.91 Å². The molecule has 1 aromatic carbocycles. The van der Waals surface area contributed by atoms with Crippen LogP contribution in [0.15, 0.2) is 48.7 Å². The van der Waals surface area contributed by atoms with Gasteiger partial charge in [-0.05, 0) is 37.6 Å². The molecule has 1 saturated heterocycles. The van der Waals surface area contributed by atoms with Crippen molar-refractivity contribution >= 4 is 17.2 Å². The van der Waals surface area contributed by atoms with Gasteiger partial charge >= 0.3 is 0 Å². The van der Waals surface area contributed by atoms with Crippen LogP contribution < -0.4 is 9.64 Å². The third kappa shape index (κ3) is 3.54. The van der Waals surface area contributed by atoms with Crippen LogP contribution in [0.3, 0.4) is 0 Å². The molecule has 0 unspecified atom stereocenters. The fourth-order valence-corrected chi connectivity index (χ4v) is 3.94. The Morgan fingerprint density at radius 2 is 1.82 bits per heavy atom. The maximum atomic E-state index is 12.8. The second-order valence-electron chi connectivity index (χ2n) is 7.11. The molecular weight excluding hydrogens is 352 g/mol. The number of methoxy groups -OCH3 is 1. The van der Waals surface area contributed by atoms with Crippen LogP contribution in [0.25, 0.3) is 5.65 Å². The van der Waals surface area contributed by atoms with E-state index in [0.717, 1.165) is 54.7 Å². The van der Waals surface area contributed by atoms with Crippen molar-refractivity contribution in [2.75, 3.05) is 38.2 Å². The van der Waals surface area contributed by atoms with Crippen LogP contribution in [0.4, 0.5) is 5.69 Å². The summed E-state index contributed by atoms with van der Waals surface area (Å²) in [7, 11) is 1.70. The van der Waals surface area contributed by atoms with E-state index < -0.39 is 0 Å². The minimum Gasteiger partial charge on any atom is -0.495 e. The van der Waals surface area contributed by atoms with Crippen LogP contribution >= 0.6 is 0 Å². The average molecular weight is 378 g/mol. The molecule has 1 aliphatic heterocycles. The molecule has 0 N–H and O–H groups in total. The average Bonchev–Trinajstić information content (AvgIpc) is 3.07.